The lowest BCUT2D eigenvalue weighted by atomic mass is 10.0. The van der Waals surface area contributed by atoms with Crippen molar-refractivity contribution in [2.75, 3.05) is 32.7 Å². The smallest absolute Gasteiger partial charge is 0.236 e. The number of carbonyl (C=O) groups is 2. The number of likely N-dealkylation sites (tertiary alicyclic amines) is 1. The Labute approximate surface area is 159 Å². The van der Waals surface area contributed by atoms with Crippen LogP contribution in [-0.4, -0.2) is 60.4 Å². The maximum atomic E-state index is 13.1. The second-order valence-corrected chi connectivity index (χ2v) is 7.34. The van der Waals surface area contributed by atoms with Crippen molar-refractivity contribution in [2.24, 2.45) is 5.92 Å². The fourth-order valence-electron chi connectivity index (χ4n) is 4.20. The van der Waals surface area contributed by atoms with Crippen LogP contribution in [0.15, 0.2) is 24.3 Å². The minimum Gasteiger partial charge on any atom is -0.340 e. The van der Waals surface area contributed by atoms with Gasteiger partial charge in [0.15, 0.2) is 0 Å². The molecule has 0 radical (unpaired) electrons. The Balaban J connectivity index is 0.00000196. The molecule has 7 heteroatoms. The van der Waals surface area contributed by atoms with E-state index in [1.807, 2.05) is 9.80 Å². The lowest BCUT2D eigenvalue weighted by molar-refractivity contribution is -0.141. The Morgan fingerprint density at radius 3 is 2.69 bits per heavy atom. The summed E-state index contributed by atoms with van der Waals surface area (Å²) in [4.78, 5) is 28.9. The van der Waals surface area contributed by atoms with E-state index in [9.17, 15) is 14.0 Å². The van der Waals surface area contributed by atoms with Crippen molar-refractivity contribution in [1.29, 1.82) is 0 Å². The van der Waals surface area contributed by atoms with Gasteiger partial charge in [-0.2, -0.15) is 0 Å². The SMILES string of the molecule is Cl.O=C(C1CC1c1ccc(F)cc1)N1CCCC(N2CCNCC2=O)C1. The molecule has 1 aromatic carbocycles. The molecule has 2 heterocycles. The van der Waals surface area contributed by atoms with E-state index in [1.165, 1.54) is 12.1 Å². The van der Waals surface area contributed by atoms with Crippen LogP contribution in [0.1, 0.15) is 30.7 Å². The van der Waals surface area contributed by atoms with Crippen LogP contribution in [0.2, 0.25) is 0 Å². The molecule has 4 rings (SSSR count). The number of piperazine rings is 1. The molecule has 2 aliphatic heterocycles. The predicted octanol–water partition coefficient (Wildman–Crippen LogP) is 1.77. The highest BCUT2D eigenvalue weighted by Gasteiger charge is 2.46. The second kappa shape index (κ2) is 7.92. The van der Waals surface area contributed by atoms with Gasteiger partial charge in [0, 0.05) is 38.1 Å². The number of hydrogen-bond acceptors (Lipinski definition) is 3. The van der Waals surface area contributed by atoms with Gasteiger partial charge in [0.1, 0.15) is 5.82 Å². The van der Waals surface area contributed by atoms with Crippen LogP contribution in [0.3, 0.4) is 0 Å². The third-order valence-corrected chi connectivity index (χ3v) is 5.68. The van der Waals surface area contributed by atoms with Gasteiger partial charge in [-0.1, -0.05) is 12.1 Å². The van der Waals surface area contributed by atoms with Gasteiger partial charge in [-0.05, 0) is 42.9 Å². The highest BCUT2D eigenvalue weighted by Crippen LogP contribution is 2.48. The quantitative estimate of drug-likeness (QED) is 0.868. The Hall–Kier alpha value is -1.66. The molecule has 5 nitrogen and oxygen atoms in total. The molecule has 142 valence electrons. The first-order valence-corrected chi connectivity index (χ1v) is 9.18. The van der Waals surface area contributed by atoms with E-state index in [0.717, 1.165) is 44.5 Å². The average molecular weight is 382 g/mol. The van der Waals surface area contributed by atoms with Crippen LogP contribution in [0.5, 0.6) is 0 Å². The first-order valence-electron chi connectivity index (χ1n) is 9.18. The number of rotatable bonds is 3. The van der Waals surface area contributed by atoms with E-state index in [4.69, 9.17) is 0 Å². The summed E-state index contributed by atoms with van der Waals surface area (Å²) in [5.41, 5.74) is 1.05. The molecule has 1 saturated carbocycles. The van der Waals surface area contributed by atoms with E-state index < -0.39 is 0 Å². The van der Waals surface area contributed by atoms with Crippen LogP contribution in [0.4, 0.5) is 4.39 Å². The predicted molar refractivity (Wildman–Crippen MR) is 98.7 cm³/mol. The third-order valence-electron chi connectivity index (χ3n) is 5.68. The summed E-state index contributed by atoms with van der Waals surface area (Å²) in [6.45, 7) is 3.39. The fraction of sp³-hybridized carbons (Fsp3) is 0.579. The van der Waals surface area contributed by atoms with Gasteiger partial charge in [0.2, 0.25) is 11.8 Å². The van der Waals surface area contributed by atoms with E-state index in [0.29, 0.717) is 13.1 Å². The molecule has 3 fully saturated rings. The van der Waals surface area contributed by atoms with Gasteiger partial charge in [-0.25, -0.2) is 4.39 Å². The van der Waals surface area contributed by atoms with Gasteiger partial charge in [-0.15, -0.1) is 12.4 Å². The van der Waals surface area contributed by atoms with Gasteiger partial charge in [-0.3, -0.25) is 9.59 Å². The van der Waals surface area contributed by atoms with Crippen molar-refractivity contribution in [3.63, 3.8) is 0 Å². The molecule has 26 heavy (non-hydrogen) atoms. The minimum absolute atomic E-state index is 0. The van der Waals surface area contributed by atoms with Gasteiger partial charge in [0.25, 0.3) is 0 Å². The summed E-state index contributed by atoms with van der Waals surface area (Å²) < 4.78 is 13.1. The van der Waals surface area contributed by atoms with Gasteiger partial charge >= 0.3 is 0 Å². The van der Waals surface area contributed by atoms with Crippen molar-refractivity contribution in [2.45, 2.75) is 31.2 Å². The number of benzene rings is 1. The number of hydrogen-bond donors (Lipinski definition) is 1. The molecular formula is C19H25ClFN3O2. The van der Waals surface area contributed by atoms with Crippen LogP contribution < -0.4 is 5.32 Å². The van der Waals surface area contributed by atoms with Gasteiger partial charge < -0.3 is 15.1 Å². The Kier molecular flexibility index (Phi) is 5.82. The molecule has 3 unspecified atom stereocenters. The maximum absolute atomic E-state index is 13.1. The van der Waals surface area contributed by atoms with E-state index in [-0.39, 0.29) is 47.9 Å². The van der Waals surface area contributed by atoms with Crippen LogP contribution in [-0.2, 0) is 9.59 Å². The van der Waals surface area contributed by atoms with Crippen molar-refractivity contribution >= 4 is 24.2 Å². The Morgan fingerprint density at radius 1 is 1.19 bits per heavy atom. The van der Waals surface area contributed by atoms with Crippen LogP contribution >= 0.6 is 12.4 Å². The number of nitrogens with one attached hydrogen (secondary N) is 1. The zero-order valence-electron chi connectivity index (χ0n) is 14.7. The van der Waals surface area contributed by atoms with Crippen molar-refractivity contribution < 1.29 is 14.0 Å². The molecule has 2 amide bonds. The monoisotopic (exact) mass is 381 g/mol. The minimum atomic E-state index is -0.244. The number of nitrogens with zero attached hydrogens (tertiary/aromatic N) is 2. The second-order valence-electron chi connectivity index (χ2n) is 7.34. The summed E-state index contributed by atoms with van der Waals surface area (Å²) in [5, 5.41) is 3.10. The van der Waals surface area contributed by atoms with Crippen LogP contribution in [0.25, 0.3) is 0 Å². The molecule has 0 spiro atoms. The van der Waals surface area contributed by atoms with Crippen molar-refractivity contribution in [1.82, 2.24) is 15.1 Å². The molecule has 1 N–H and O–H groups in total. The highest BCUT2D eigenvalue weighted by atomic mass is 35.5. The van der Waals surface area contributed by atoms with E-state index in [2.05, 4.69) is 5.32 Å². The summed E-state index contributed by atoms with van der Waals surface area (Å²) in [7, 11) is 0. The lowest BCUT2D eigenvalue weighted by Crippen LogP contribution is -2.57. The summed E-state index contributed by atoms with van der Waals surface area (Å²) in [6.07, 6.45) is 2.77. The summed E-state index contributed by atoms with van der Waals surface area (Å²) in [6, 6.07) is 6.64. The molecule has 1 aliphatic carbocycles. The highest BCUT2D eigenvalue weighted by molar-refractivity contribution is 5.85. The molecular weight excluding hydrogens is 357 g/mol. The van der Waals surface area contributed by atoms with E-state index in [1.54, 1.807) is 12.1 Å². The number of halogens is 2. The largest absolute Gasteiger partial charge is 0.340 e. The lowest BCUT2D eigenvalue weighted by Gasteiger charge is -2.41. The van der Waals surface area contributed by atoms with Crippen molar-refractivity contribution in [3.8, 4) is 0 Å². The topological polar surface area (TPSA) is 52.7 Å². The summed E-state index contributed by atoms with van der Waals surface area (Å²) in [5.74, 6) is 0.326. The normalized spacial score (nSPS) is 28.5. The number of amides is 2. The summed E-state index contributed by atoms with van der Waals surface area (Å²) >= 11 is 0. The molecule has 1 aromatic rings. The molecule has 0 bridgehead atoms. The third kappa shape index (κ3) is 3.86. The molecule has 2 saturated heterocycles. The molecule has 3 atom stereocenters. The zero-order valence-corrected chi connectivity index (χ0v) is 15.5. The average Bonchev–Trinajstić information content (AvgIpc) is 3.43. The molecule has 3 aliphatic rings. The maximum Gasteiger partial charge on any atom is 0.236 e. The Bertz CT molecular complexity index is 669. The first kappa shape index (κ1) is 19.1. The van der Waals surface area contributed by atoms with Crippen molar-refractivity contribution in [3.05, 3.63) is 35.6 Å². The fourth-order valence-corrected chi connectivity index (χ4v) is 4.20. The number of carbonyl (C=O) groups excluding carboxylic acids is 2. The van der Waals surface area contributed by atoms with Gasteiger partial charge in [0.05, 0.1) is 6.54 Å². The molecule has 0 aromatic heterocycles. The first-order chi connectivity index (χ1) is 12.1. The Morgan fingerprint density at radius 2 is 1.96 bits per heavy atom. The van der Waals surface area contributed by atoms with E-state index >= 15 is 0 Å². The number of piperidine rings is 1. The van der Waals surface area contributed by atoms with Crippen LogP contribution in [0, 0.1) is 11.7 Å². The zero-order chi connectivity index (χ0) is 17.4. The standard InChI is InChI=1S/C19H24FN3O2.ClH/c20-14-5-3-13(4-6-14)16-10-17(16)19(25)22-8-1-2-15(12-22)23-9-7-21-11-18(23)24;/h3-6,15-17,21H,1-2,7-12H2;1H.